The predicted molar refractivity (Wildman–Crippen MR) is 63.5 cm³/mol. The number of nitrogen functional groups attached to an aromatic ring is 1. The molecule has 0 saturated carbocycles. The van der Waals surface area contributed by atoms with Gasteiger partial charge in [-0.2, -0.15) is 0 Å². The van der Waals surface area contributed by atoms with Crippen molar-refractivity contribution in [1.82, 2.24) is 10.3 Å². The van der Waals surface area contributed by atoms with Crippen molar-refractivity contribution in [2.75, 3.05) is 31.3 Å². The molecule has 1 aromatic heterocycles. The number of aromatic nitrogens is 1. The third kappa shape index (κ3) is 2.59. The Morgan fingerprint density at radius 2 is 2.33 bits per heavy atom. The van der Waals surface area contributed by atoms with E-state index in [1.54, 1.807) is 7.05 Å². The summed E-state index contributed by atoms with van der Waals surface area (Å²) in [5.41, 5.74) is 5.66. The number of amides is 1. The second-order valence-corrected chi connectivity index (χ2v) is 4.19. The van der Waals surface area contributed by atoms with Gasteiger partial charge >= 0.3 is 0 Å². The van der Waals surface area contributed by atoms with Crippen molar-refractivity contribution in [3.8, 4) is 0 Å². The van der Waals surface area contributed by atoms with E-state index in [9.17, 15) is 4.79 Å². The Hall–Kier alpha value is -1.30. The Labute approximate surface area is 93.3 Å². The normalized spacial score (nSPS) is 10.1. The van der Waals surface area contributed by atoms with Crippen LogP contribution >= 0.6 is 11.3 Å². The van der Waals surface area contributed by atoms with Gasteiger partial charge in [-0.05, 0) is 6.42 Å². The molecule has 5 nitrogen and oxygen atoms in total. The number of anilines is 2. The van der Waals surface area contributed by atoms with Crippen LogP contribution in [0, 0.1) is 0 Å². The first kappa shape index (κ1) is 11.8. The second kappa shape index (κ2) is 4.97. The Bertz CT molecular complexity index is 350. The number of hydrogen-bond acceptors (Lipinski definition) is 5. The molecule has 0 aliphatic heterocycles. The summed E-state index contributed by atoms with van der Waals surface area (Å²) in [4.78, 5) is 18.0. The third-order valence-corrected chi connectivity index (χ3v) is 3.15. The quantitative estimate of drug-likeness (QED) is 0.804. The van der Waals surface area contributed by atoms with Gasteiger partial charge in [-0.25, -0.2) is 4.98 Å². The minimum Gasteiger partial charge on any atom is -0.382 e. The fourth-order valence-corrected chi connectivity index (χ4v) is 2.11. The van der Waals surface area contributed by atoms with Gasteiger partial charge in [0.1, 0.15) is 10.7 Å². The van der Waals surface area contributed by atoms with Crippen molar-refractivity contribution < 1.29 is 4.79 Å². The fourth-order valence-electron chi connectivity index (χ4n) is 1.19. The Balaban J connectivity index is 2.90. The molecule has 0 saturated heterocycles. The third-order valence-electron chi connectivity index (χ3n) is 1.96. The molecule has 0 atom stereocenters. The number of thiazole rings is 1. The molecular formula is C9H16N4OS. The van der Waals surface area contributed by atoms with Crippen molar-refractivity contribution >= 4 is 28.2 Å². The van der Waals surface area contributed by atoms with Gasteiger partial charge in [0.2, 0.25) is 0 Å². The summed E-state index contributed by atoms with van der Waals surface area (Å²) in [6.45, 7) is 2.99. The molecule has 0 spiro atoms. The lowest BCUT2D eigenvalue weighted by Crippen LogP contribution is -2.17. The van der Waals surface area contributed by atoms with Gasteiger partial charge in [0.25, 0.3) is 5.91 Å². The molecular weight excluding hydrogens is 212 g/mol. The molecule has 0 radical (unpaired) electrons. The lowest BCUT2D eigenvalue weighted by atomic mass is 10.4. The summed E-state index contributed by atoms with van der Waals surface area (Å²) >= 11 is 1.32. The van der Waals surface area contributed by atoms with Crippen LogP contribution in [-0.2, 0) is 0 Å². The highest BCUT2D eigenvalue weighted by Crippen LogP contribution is 2.27. The molecule has 15 heavy (non-hydrogen) atoms. The van der Waals surface area contributed by atoms with Crippen LogP contribution in [0.15, 0.2) is 0 Å². The van der Waals surface area contributed by atoms with Crippen LogP contribution in [0.4, 0.5) is 10.9 Å². The van der Waals surface area contributed by atoms with Crippen molar-refractivity contribution in [2.24, 2.45) is 0 Å². The molecule has 0 aromatic carbocycles. The van der Waals surface area contributed by atoms with E-state index in [4.69, 9.17) is 5.73 Å². The topological polar surface area (TPSA) is 71.2 Å². The van der Waals surface area contributed by atoms with Gasteiger partial charge in [-0.3, -0.25) is 4.79 Å². The Morgan fingerprint density at radius 3 is 2.87 bits per heavy atom. The Morgan fingerprint density at radius 1 is 1.67 bits per heavy atom. The lowest BCUT2D eigenvalue weighted by Gasteiger charge is -2.13. The predicted octanol–water partition coefficient (Wildman–Crippen LogP) is 0.931. The van der Waals surface area contributed by atoms with Crippen LogP contribution in [0.5, 0.6) is 0 Å². The molecule has 1 amide bonds. The van der Waals surface area contributed by atoms with E-state index in [2.05, 4.69) is 17.2 Å². The van der Waals surface area contributed by atoms with Gasteiger partial charge in [0, 0.05) is 20.6 Å². The fraction of sp³-hybridized carbons (Fsp3) is 0.556. The summed E-state index contributed by atoms with van der Waals surface area (Å²) < 4.78 is 0. The molecule has 0 unspecified atom stereocenters. The molecule has 0 bridgehead atoms. The molecule has 1 aromatic rings. The monoisotopic (exact) mass is 228 g/mol. The maximum Gasteiger partial charge on any atom is 0.265 e. The molecule has 3 N–H and O–H groups in total. The average Bonchev–Trinajstić information content (AvgIpc) is 2.60. The Kier molecular flexibility index (Phi) is 3.90. The highest BCUT2D eigenvalue weighted by atomic mass is 32.1. The molecule has 1 heterocycles. The zero-order valence-corrected chi connectivity index (χ0v) is 10.0. The van der Waals surface area contributed by atoms with Crippen LogP contribution in [0.25, 0.3) is 0 Å². The van der Waals surface area contributed by atoms with Crippen LogP contribution in [-0.4, -0.2) is 31.5 Å². The van der Waals surface area contributed by atoms with Gasteiger partial charge in [-0.15, -0.1) is 0 Å². The molecule has 0 aliphatic carbocycles. The van der Waals surface area contributed by atoms with Crippen molar-refractivity contribution in [2.45, 2.75) is 13.3 Å². The van der Waals surface area contributed by atoms with Gasteiger partial charge < -0.3 is 16.0 Å². The molecule has 0 aliphatic rings. The van der Waals surface area contributed by atoms with Crippen LogP contribution < -0.4 is 16.0 Å². The highest BCUT2D eigenvalue weighted by molar-refractivity contribution is 7.18. The maximum atomic E-state index is 11.4. The summed E-state index contributed by atoms with van der Waals surface area (Å²) in [7, 11) is 3.52. The lowest BCUT2D eigenvalue weighted by molar-refractivity contribution is 0.0968. The zero-order valence-electron chi connectivity index (χ0n) is 9.20. The first-order chi connectivity index (χ1) is 7.10. The SMILES string of the molecule is CCCN(C)c1nc(N)c(C(=O)NC)s1. The minimum atomic E-state index is -0.179. The van der Waals surface area contributed by atoms with Crippen molar-refractivity contribution in [3.05, 3.63) is 4.88 Å². The number of nitrogens with two attached hydrogens (primary N) is 1. The summed E-state index contributed by atoms with van der Waals surface area (Å²) in [5, 5.41) is 3.32. The van der Waals surface area contributed by atoms with Gasteiger partial charge in [-0.1, -0.05) is 18.3 Å². The smallest absolute Gasteiger partial charge is 0.265 e. The molecule has 1 rings (SSSR count). The summed E-state index contributed by atoms with van der Waals surface area (Å²) in [5.74, 6) is 0.124. The van der Waals surface area contributed by atoms with Gasteiger partial charge in [0.15, 0.2) is 5.13 Å². The van der Waals surface area contributed by atoms with Crippen molar-refractivity contribution in [1.29, 1.82) is 0 Å². The summed E-state index contributed by atoms with van der Waals surface area (Å²) in [6, 6.07) is 0. The standard InChI is InChI=1S/C9H16N4OS/c1-4-5-13(3)9-12-7(10)6(15-9)8(14)11-2/h4-5,10H2,1-3H3,(H,11,14). The van der Waals surface area contributed by atoms with Crippen LogP contribution in [0.1, 0.15) is 23.0 Å². The number of hydrogen-bond donors (Lipinski definition) is 2. The number of carbonyl (C=O) groups excluding carboxylic acids is 1. The molecule has 6 heteroatoms. The van der Waals surface area contributed by atoms with Crippen molar-refractivity contribution in [3.63, 3.8) is 0 Å². The number of nitrogens with zero attached hydrogens (tertiary/aromatic N) is 2. The summed E-state index contributed by atoms with van der Waals surface area (Å²) in [6.07, 6.45) is 1.03. The molecule has 84 valence electrons. The number of nitrogens with one attached hydrogen (secondary N) is 1. The number of carbonyl (C=O) groups is 1. The van der Waals surface area contributed by atoms with E-state index >= 15 is 0 Å². The van der Waals surface area contributed by atoms with E-state index in [0.717, 1.165) is 18.1 Å². The first-order valence-corrected chi connectivity index (χ1v) is 5.61. The van der Waals surface area contributed by atoms with Gasteiger partial charge in [0.05, 0.1) is 0 Å². The van der Waals surface area contributed by atoms with Crippen LogP contribution in [0.2, 0.25) is 0 Å². The number of rotatable bonds is 4. The van der Waals surface area contributed by atoms with E-state index in [1.165, 1.54) is 11.3 Å². The minimum absolute atomic E-state index is 0.179. The van der Waals surface area contributed by atoms with E-state index in [-0.39, 0.29) is 5.91 Å². The maximum absolute atomic E-state index is 11.4. The highest BCUT2D eigenvalue weighted by Gasteiger charge is 2.16. The van der Waals surface area contributed by atoms with E-state index in [1.807, 2.05) is 11.9 Å². The van der Waals surface area contributed by atoms with E-state index in [0.29, 0.717) is 10.7 Å². The van der Waals surface area contributed by atoms with Crippen LogP contribution in [0.3, 0.4) is 0 Å². The average molecular weight is 228 g/mol. The zero-order chi connectivity index (χ0) is 11.4. The van der Waals surface area contributed by atoms with E-state index < -0.39 is 0 Å². The largest absolute Gasteiger partial charge is 0.382 e. The molecule has 0 fully saturated rings. The second-order valence-electron chi connectivity index (χ2n) is 3.21. The first-order valence-electron chi connectivity index (χ1n) is 4.79.